The van der Waals surface area contributed by atoms with Crippen LogP contribution in [-0.4, -0.2) is 81.7 Å². The van der Waals surface area contributed by atoms with Crippen molar-refractivity contribution in [3.63, 3.8) is 0 Å². The lowest BCUT2D eigenvalue weighted by molar-refractivity contribution is -0.143. The number of carbonyl (C=O) groups excluding carboxylic acids is 3. The second-order valence-electron chi connectivity index (χ2n) is 8.44. The van der Waals surface area contributed by atoms with Crippen molar-refractivity contribution in [1.29, 1.82) is 0 Å². The van der Waals surface area contributed by atoms with Gasteiger partial charge in [0, 0.05) is 12.8 Å². The van der Waals surface area contributed by atoms with Crippen LogP contribution in [-0.2, 0) is 28.8 Å². The molecule has 0 aromatic heterocycles. The van der Waals surface area contributed by atoms with Crippen molar-refractivity contribution in [3.8, 4) is 0 Å². The highest BCUT2D eigenvalue weighted by Gasteiger charge is 2.31. The Balaban J connectivity index is 5.59. The minimum absolute atomic E-state index is 0.0746. The summed E-state index contributed by atoms with van der Waals surface area (Å²) in [6.45, 7) is 3.69. The van der Waals surface area contributed by atoms with Gasteiger partial charge in [-0.2, -0.15) is 0 Å². The van der Waals surface area contributed by atoms with Crippen molar-refractivity contribution < 1.29 is 44.1 Å². The van der Waals surface area contributed by atoms with Gasteiger partial charge in [-0.05, 0) is 44.6 Å². The summed E-state index contributed by atoms with van der Waals surface area (Å²) in [6, 6.07) is -5.00. The number of carboxylic acids is 3. The normalized spacial score (nSPS) is 14.3. The molecule has 14 heteroatoms. The Bertz CT molecular complexity index is 759. The van der Waals surface area contributed by atoms with Crippen LogP contribution in [0, 0.1) is 5.92 Å². The fourth-order valence-corrected chi connectivity index (χ4v) is 2.94. The van der Waals surface area contributed by atoms with Crippen molar-refractivity contribution in [2.75, 3.05) is 6.54 Å². The van der Waals surface area contributed by atoms with E-state index in [1.807, 2.05) is 0 Å². The third-order valence-corrected chi connectivity index (χ3v) is 5.14. The number of rotatable bonds is 18. The molecule has 0 saturated heterocycles. The summed E-state index contributed by atoms with van der Waals surface area (Å²) in [4.78, 5) is 71.2. The van der Waals surface area contributed by atoms with E-state index in [9.17, 15) is 33.9 Å². The first kappa shape index (κ1) is 31.7. The average molecular weight is 504 g/mol. The molecule has 14 nitrogen and oxygen atoms in total. The van der Waals surface area contributed by atoms with E-state index in [0.29, 0.717) is 19.4 Å². The summed E-state index contributed by atoms with van der Waals surface area (Å²) in [5.74, 6) is -6.53. The Labute approximate surface area is 203 Å². The van der Waals surface area contributed by atoms with Crippen LogP contribution < -0.4 is 27.4 Å². The Morgan fingerprint density at radius 3 is 1.54 bits per heavy atom. The molecular formula is C21H37N5O9. The van der Waals surface area contributed by atoms with E-state index in [-0.39, 0.29) is 25.2 Å². The fourth-order valence-electron chi connectivity index (χ4n) is 2.94. The second kappa shape index (κ2) is 16.4. The van der Waals surface area contributed by atoms with E-state index in [1.165, 1.54) is 0 Å². The number of nitrogens with two attached hydrogens (primary N) is 2. The Morgan fingerprint density at radius 2 is 1.11 bits per heavy atom. The highest BCUT2D eigenvalue weighted by atomic mass is 16.4. The molecule has 0 aromatic rings. The topological polar surface area (TPSA) is 251 Å². The Hall–Kier alpha value is -3.26. The maximum Gasteiger partial charge on any atom is 0.326 e. The molecule has 10 N–H and O–H groups in total. The van der Waals surface area contributed by atoms with Gasteiger partial charge in [-0.25, -0.2) is 4.79 Å². The van der Waals surface area contributed by atoms with Crippen molar-refractivity contribution in [2.24, 2.45) is 17.4 Å². The summed E-state index contributed by atoms with van der Waals surface area (Å²) in [5, 5.41) is 34.1. The van der Waals surface area contributed by atoms with Crippen molar-refractivity contribution in [1.82, 2.24) is 16.0 Å². The van der Waals surface area contributed by atoms with Gasteiger partial charge < -0.3 is 42.7 Å². The number of carboxylic acid groups (broad SMARTS) is 3. The summed E-state index contributed by atoms with van der Waals surface area (Å²) < 4.78 is 0. The number of amides is 3. The van der Waals surface area contributed by atoms with Gasteiger partial charge in [-0.15, -0.1) is 0 Å². The molecule has 0 aliphatic carbocycles. The van der Waals surface area contributed by atoms with Gasteiger partial charge in [-0.3, -0.25) is 24.0 Å². The molecule has 0 aromatic carbocycles. The highest BCUT2D eigenvalue weighted by Crippen LogP contribution is 2.07. The molecular weight excluding hydrogens is 466 g/mol. The number of nitrogens with one attached hydrogen (secondary N) is 3. The molecule has 0 radical (unpaired) electrons. The van der Waals surface area contributed by atoms with Crippen LogP contribution in [0.15, 0.2) is 0 Å². The molecule has 0 rings (SSSR count). The van der Waals surface area contributed by atoms with Crippen LogP contribution in [0.2, 0.25) is 0 Å². The minimum atomic E-state index is -1.50. The quantitative estimate of drug-likeness (QED) is 0.0985. The lowest BCUT2D eigenvalue weighted by Gasteiger charge is -2.25. The monoisotopic (exact) mass is 503 g/mol. The number of aliphatic carboxylic acids is 3. The first-order chi connectivity index (χ1) is 16.3. The zero-order chi connectivity index (χ0) is 27.1. The fraction of sp³-hybridized carbons (Fsp3) is 0.714. The van der Waals surface area contributed by atoms with Crippen molar-refractivity contribution >= 4 is 35.6 Å². The van der Waals surface area contributed by atoms with E-state index in [1.54, 1.807) is 13.8 Å². The number of unbranched alkanes of at least 4 members (excludes halogenated alkanes) is 1. The van der Waals surface area contributed by atoms with Crippen LogP contribution in [0.1, 0.15) is 58.8 Å². The molecule has 0 bridgehead atoms. The van der Waals surface area contributed by atoms with Gasteiger partial charge in [-0.1, -0.05) is 13.8 Å². The maximum atomic E-state index is 12.9. The maximum absolute atomic E-state index is 12.9. The number of carbonyl (C=O) groups is 6. The summed E-state index contributed by atoms with van der Waals surface area (Å²) in [6.07, 6.45) is -0.618. The van der Waals surface area contributed by atoms with Crippen molar-refractivity contribution in [2.45, 2.75) is 83.0 Å². The van der Waals surface area contributed by atoms with E-state index < -0.39 is 72.6 Å². The van der Waals surface area contributed by atoms with Crippen LogP contribution in [0.25, 0.3) is 0 Å². The molecule has 3 amide bonds. The smallest absolute Gasteiger partial charge is 0.326 e. The number of hydrogen-bond donors (Lipinski definition) is 8. The van der Waals surface area contributed by atoms with Crippen LogP contribution in [0.3, 0.4) is 0 Å². The minimum Gasteiger partial charge on any atom is -0.481 e. The molecule has 0 heterocycles. The lowest BCUT2D eigenvalue weighted by atomic mass is 10.0. The van der Waals surface area contributed by atoms with Gasteiger partial charge in [0.05, 0.1) is 6.04 Å². The molecule has 4 atom stereocenters. The predicted octanol–water partition coefficient (Wildman–Crippen LogP) is -1.63. The molecule has 0 saturated carbocycles. The summed E-state index contributed by atoms with van der Waals surface area (Å²) >= 11 is 0. The second-order valence-corrected chi connectivity index (χ2v) is 8.44. The van der Waals surface area contributed by atoms with Crippen LogP contribution >= 0.6 is 0 Å². The first-order valence-electron chi connectivity index (χ1n) is 11.3. The van der Waals surface area contributed by atoms with Gasteiger partial charge in [0.1, 0.15) is 18.1 Å². The molecule has 35 heavy (non-hydrogen) atoms. The molecule has 200 valence electrons. The lowest BCUT2D eigenvalue weighted by Crippen LogP contribution is -2.57. The predicted molar refractivity (Wildman–Crippen MR) is 123 cm³/mol. The third kappa shape index (κ3) is 13.3. The van der Waals surface area contributed by atoms with Gasteiger partial charge in [0.2, 0.25) is 17.7 Å². The Kier molecular flexibility index (Phi) is 14.9. The average Bonchev–Trinajstić information content (AvgIpc) is 2.77. The summed E-state index contributed by atoms with van der Waals surface area (Å²) in [7, 11) is 0. The van der Waals surface area contributed by atoms with Crippen LogP contribution in [0.4, 0.5) is 0 Å². The highest BCUT2D eigenvalue weighted by molar-refractivity contribution is 5.94. The third-order valence-electron chi connectivity index (χ3n) is 5.14. The zero-order valence-electron chi connectivity index (χ0n) is 20.0. The van der Waals surface area contributed by atoms with Gasteiger partial charge in [0.25, 0.3) is 0 Å². The standard InChI is InChI=1S/C21H37N5O9/c1-11(2)17(23)20(33)25-13(6-8-15(27)28)19(32)24-12(5-3-4-10-22)18(31)26-14(21(34)35)7-9-16(29)30/h11-14,17H,3-10,22-23H2,1-2H3,(H,24,32)(H,25,33)(H,26,31)(H,27,28)(H,29,30)(H,34,35). The summed E-state index contributed by atoms with van der Waals surface area (Å²) in [5.41, 5.74) is 11.3. The van der Waals surface area contributed by atoms with Gasteiger partial charge >= 0.3 is 17.9 Å². The van der Waals surface area contributed by atoms with E-state index >= 15 is 0 Å². The SMILES string of the molecule is CC(C)C(N)C(=O)NC(CCC(=O)O)C(=O)NC(CCCCN)C(=O)NC(CCC(=O)O)C(=O)O. The largest absolute Gasteiger partial charge is 0.481 e. The van der Waals surface area contributed by atoms with E-state index in [4.69, 9.17) is 21.7 Å². The molecule has 0 spiro atoms. The van der Waals surface area contributed by atoms with Crippen LogP contribution in [0.5, 0.6) is 0 Å². The Morgan fingerprint density at radius 1 is 0.686 bits per heavy atom. The van der Waals surface area contributed by atoms with E-state index in [0.717, 1.165) is 0 Å². The zero-order valence-corrected chi connectivity index (χ0v) is 20.0. The molecule has 0 fully saturated rings. The molecule has 4 unspecified atom stereocenters. The molecule has 0 aliphatic heterocycles. The number of hydrogen-bond acceptors (Lipinski definition) is 8. The van der Waals surface area contributed by atoms with Crippen molar-refractivity contribution in [3.05, 3.63) is 0 Å². The van der Waals surface area contributed by atoms with Gasteiger partial charge in [0.15, 0.2) is 0 Å². The molecule has 0 aliphatic rings. The first-order valence-corrected chi connectivity index (χ1v) is 11.3. The van der Waals surface area contributed by atoms with E-state index in [2.05, 4.69) is 16.0 Å².